The van der Waals surface area contributed by atoms with Crippen LogP contribution in [-0.2, 0) is 15.0 Å². The number of aryl methyl sites for hydroxylation is 1. The van der Waals surface area contributed by atoms with Gasteiger partial charge in [-0.1, -0.05) is 64.7 Å². The highest BCUT2D eigenvalue weighted by Gasteiger charge is 2.27. The first-order valence-electron chi connectivity index (χ1n) is 11.9. The van der Waals surface area contributed by atoms with Gasteiger partial charge >= 0.3 is 0 Å². The van der Waals surface area contributed by atoms with Gasteiger partial charge in [-0.05, 0) is 38.3 Å². The van der Waals surface area contributed by atoms with E-state index in [0.717, 1.165) is 43.5 Å². The molecule has 1 heterocycles. The summed E-state index contributed by atoms with van der Waals surface area (Å²) in [5, 5.41) is 7.81. The SMILES string of the molecule is CCCN(CC(=O)Nc1cc(C(C)(C)C)nn1-c1ccc(C)cc1)C(=O)C1CCCCC1. The Morgan fingerprint density at radius 2 is 1.78 bits per heavy atom. The Kier molecular flexibility index (Phi) is 7.75. The first-order valence-corrected chi connectivity index (χ1v) is 11.9. The van der Waals surface area contributed by atoms with E-state index < -0.39 is 0 Å². The van der Waals surface area contributed by atoms with Crippen LogP contribution in [0, 0.1) is 12.8 Å². The van der Waals surface area contributed by atoms with Gasteiger partial charge in [0.25, 0.3) is 0 Å². The number of amides is 2. The van der Waals surface area contributed by atoms with Gasteiger partial charge in [0.2, 0.25) is 11.8 Å². The largest absolute Gasteiger partial charge is 0.333 e. The molecule has 3 rings (SSSR count). The molecule has 6 heteroatoms. The van der Waals surface area contributed by atoms with Crippen LogP contribution in [0.1, 0.15) is 77.5 Å². The lowest BCUT2D eigenvalue weighted by molar-refractivity contribution is -0.139. The van der Waals surface area contributed by atoms with Crippen molar-refractivity contribution in [3.05, 3.63) is 41.6 Å². The molecule has 1 aromatic carbocycles. The van der Waals surface area contributed by atoms with Gasteiger partial charge in [0.15, 0.2) is 0 Å². The van der Waals surface area contributed by atoms with Crippen molar-refractivity contribution in [1.29, 1.82) is 0 Å². The van der Waals surface area contributed by atoms with Crippen molar-refractivity contribution in [3.63, 3.8) is 0 Å². The molecule has 1 aromatic heterocycles. The van der Waals surface area contributed by atoms with Crippen LogP contribution in [-0.4, -0.2) is 39.6 Å². The van der Waals surface area contributed by atoms with Crippen molar-refractivity contribution in [2.45, 2.75) is 78.6 Å². The van der Waals surface area contributed by atoms with Crippen molar-refractivity contribution in [2.24, 2.45) is 5.92 Å². The number of carbonyl (C=O) groups excluding carboxylic acids is 2. The molecule has 1 N–H and O–H groups in total. The monoisotopic (exact) mass is 438 g/mol. The summed E-state index contributed by atoms with van der Waals surface area (Å²) < 4.78 is 1.78. The number of hydrogen-bond donors (Lipinski definition) is 1. The number of rotatable bonds is 7. The Hall–Kier alpha value is -2.63. The summed E-state index contributed by atoms with van der Waals surface area (Å²) in [5.41, 5.74) is 2.81. The zero-order chi connectivity index (χ0) is 23.3. The van der Waals surface area contributed by atoms with Gasteiger partial charge in [-0.3, -0.25) is 9.59 Å². The Morgan fingerprint density at radius 1 is 1.12 bits per heavy atom. The van der Waals surface area contributed by atoms with Gasteiger partial charge in [-0.25, -0.2) is 4.68 Å². The summed E-state index contributed by atoms with van der Waals surface area (Å²) in [4.78, 5) is 27.8. The topological polar surface area (TPSA) is 67.2 Å². The molecule has 0 saturated heterocycles. The summed E-state index contributed by atoms with van der Waals surface area (Å²) in [6, 6.07) is 10.0. The number of nitrogens with zero attached hydrogens (tertiary/aromatic N) is 3. The zero-order valence-electron chi connectivity index (χ0n) is 20.3. The third-order valence-corrected chi connectivity index (χ3v) is 6.12. The van der Waals surface area contributed by atoms with Crippen molar-refractivity contribution < 1.29 is 9.59 Å². The summed E-state index contributed by atoms with van der Waals surface area (Å²) >= 11 is 0. The van der Waals surface area contributed by atoms with Crippen LogP contribution in [0.4, 0.5) is 5.82 Å². The first kappa shape index (κ1) is 24.0. The fraction of sp³-hybridized carbons (Fsp3) is 0.577. The van der Waals surface area contributed by atoms with Crippen LogP contribution in [0.2, 0.25) is 0 Å². The molecule has 1 saturated carbocycles. The summed E-state index contributed by atoms with van der Waals surface area (Å²) in [6.07, 6.45) is 6.13. The molecular weight excluding hydrogens is 400 g/mol. The number of nitrogens with one attached hydrogen (secondary N) is 1. The molecule has 0 atom stereocenters. The van der Waals surface area contributed by atoms with E-state index in [1.54, 1.807) is 9.58 Å². The fourth-order valence-electron chi connectivity index (χ4n) is 4.22. The van der Waals surface area contributed by atoms with E-state index in [-0.39, 0.29) is 29.7 Å². The molecule has 174 valence electrons. The standard InChI is InChI=1S/C26H38N4O2/c1-6-16-29(25(32)20-10-8-7-9-11-20)18-24(31)27-23-17-22(26(3,4)5)28-30(23)21-14-12-19(2)13-15-21/h12-15,17,20H,6-11,16,18H2,1-5H3,(H,27,31). The molecule has 2 amide bonds. The Morgan fingerprint density at radius 3 is 2.38 bits per heavy atom. The molecule has 0 bridgehead atoms. The van der Waals surface area contributed by atoms with Crippen molar-refractivity contribution in [3.8, 4) is 5.69 Å². The second kappa shape index (κ2) is 10.3. The summed E-state index contributed by atoms with van der Waals surface area (Å²) in [7, 11) is 0. The zero-order valence-corrected chi connectivity index (χ0v) is 20.3. The molecule has 1 aliphatic carbocycles. The van der Waals surface area contributed by atoms with Crippen LogP contribution < -0.4 is 5.32 Å². The number of hydrogen-bond acceptors (Lipinski definition) is 3. The lowest BCUT2D eigenvalue weighted by Crippen LogP contribution is -2.42. The van der Waals surface area contributed by atoms with Crippen LogP contribution in [0.15, 0.2) is 30.3 Å². The molecule has 0 unspecified atom stereocenters. The Labute approximate surface area is 192 Å². The minimum Gasteiger partial charge on any atom is -0.333 e. The minimum absolute atomic E-state index is 0.0636. The average Bonchev–Trinajstić information content (AvgIpc) is 3.18. The van der Waals surface area contributed by atoms with E-state index in [9.17, 15) is 9.59 Å². The molecule has 0 aliphatic heterocycles. The van der Waals surface area contributed by atoms with Gasteiger partial charge in [0.1, 0.15) is 5.82 Å². The second-order valence-corrected chi connectivity index (χ2v) is 10.1. The number of anilines is 1. The second-order valence-electron chi connectivity index (χ2n) is 10.1. The lowest BCUT2D eigenvalue weighted by Gasteiger charge is -2.28. The van der Waals surface area contributed by atoms with Gasteiger partial charge in [-0.2, -0.15) is 5.10 Å². The normalized spacial score (nSPS) is 14.9. The molecule has 6 nitrogen and oxygen atoms in total. The average molecular weight is 439 g/mol. The molecule has 32 heavy (non-hydrogen) atoms. The highest BCUT2D eigenvalue weighted by atomic mass is 16.2. The predicted octanol–water partition coefficient (Wildman–Crippen LogP) is 5.24. The third kappa shape index (κ3) is 5.99. The van der Waals surface area contributed by atoms with Gasteiger partial charge in [-0.15, -0.1) is 0 Å². The lowest BCUT2D eigenvalue weighted by atomic mass is 9.88. The Bertz CT molecular complexity index is 918. The Balaban J connectivity index is 1.79. The quantitative estimate of drug-likeness (QED) is 0.643. The number of benzene rings is 1. The maximum atomic E-state index is 13.1. The van der Waals surface area contributed by atoms with Crippen molar-refractivity contribution >= 4 is 17.6 Å². The molecule has 0 radical (unpaired) electrons. The molecular formula is C26H38N4O2. The van der Waals surface area contributed by atoms with E-state index in [1.165, 1.54) is 12.0 Å². The van der Waals surface area contributed by atoms with Crippen LogP contribution in [0.25, 0.3) is 5.69 Å². The van der Waals surface area contributed by atoms with Gasteiger partial charge in [0, 0.05) is 23.9 Å². The smallest absolute Gasteiger partial charge is 0.245 e. The minimum atomic E-state index is -0.184. The van der Waals surface area contributed by atoms with E-state index in [4.69, 9.17) is 5.10 Å². The van der Waals surface area contributed by atoms with Crippen LogP contribution >= 0.6 is 0 Å². The molecule has 0 spiro atoms. The first-order chi connectivity index (χ1) is 15.2. The molecule has 2 aromatic rings. The summed E-state index contributed by atoms with van der Waals surface area (Å²) in [5.74, 6) is 0.638. The maximum absolute atomic E-state index is 13.1. The molecule has 1 fully saturated rings. The highest BCUT2D eigenvalue weighted by Crippen LogP contribution is 2.27. The van der Waals surface area contributed by atoms with E-state index in [1.807, 2.05) is 44.2 Å². The van der Waals surface area contributed by atoms with Crippen molar-refractivity contribution in [1.82, 2.24) is 14.7 Å². The third-order valence-electron chi connectivity index (χ3n) is 6.12. The fourth-order valence-corrected chi connectivity index (χ4v) is 4.22. The predicted molar refractivity (Wildman–Crippen MR) is 129 cm³/mol. The van der Waals surface area contributed by atoms with Crippen LogP contribution in [0.3, 0.4) is 0 Å². The van der Waals surface area contributed by atoms with E-state index in [2.05, 4.69) is 26.1 Å². The maximum Gasteiger partial charge on any atom is 0.245 e. The van der Waals surface area contributed by atoms with Gasteiger partial charge in [0.05, 0.1) is 17.9 Å². The highest BCUT2D eigenvalue weighted by molar-refractivity contribution is 5.94. The van der Waals surface area contributed by atoms with Crippen LogP contribution in [0.5, 0.6) is 0 Å². The van der Waals surface area contributed by atoms with Gasteiger partial charge < -0.3 is 10.2 Å². The van der Waals surface area contributed by atoms with Crippen molar-refractivity contribution in [2.75, 3.05) is 18.4 Å². The summed E-state index contributed by atoms with van der Waals surface area (Å²) in [6.45, 7) is 11.1. The number of carbonyl (C=O) groups is 2. The molecule has 1 aliphatic rings. The van der Waals surface area contributed by atoms with E-state index in [0.29, 0.717) is 12.4 Å². The van der Waals surface area contributed by atoms with E-state index >= 15 is 0 Å². The number of aromatic nitrogens is 2.